The van der Waals surface area contributed by atoms with E-state index in [0.717, 1.165) is 85.7 Å². The Kier molecular flexibility index (Phi) is 35.7. The van der Waals surface area contributed by atoms with E-state index in [0.29, 0.717) is 107 Å². The predicted molar refractivity (Wildman–Crippen MR) is 496 cm³/mol. The smallest absolute Gasteiger partial charge is 0.339 e. The third-order valence-corrected chi connectivity index (χ3v) is 19.6. The summed E-state index contributed by atoms with van der Waals surface area (Å²) in [5, 5.41) is 18.8. The summed E-state index contributed by atoms with van der Waals surface area (Å²) < 4.78 is 80.7. The van der Waals surface area contributed by atoms with Crippen molar-refractivity contribution < 1.29 is 84.4 Å². The van der Waals surface area contributed by atoms with Gasteiger partial charge in [0.1, 0.15) is 110 Å². The summed E-state index contributed by atoms with van der Waals surface area (Å²) >= 11 is 20.2. The monoisotopic (exact) mass is 1830 g/mol. The van der Waals surface area contributed by atoms with Crippen LogP contribution < -0.4 is 59.4 Å². The number of carbonyl (C=O) groups is 3. The molecule has 5 N–H and O–H groups in total. The lowest BCUT2D eigenvalue weighted by Crippen LogP contribution is -2.30. The number of furan rings is 4. The minimum Gasteiger partial charge on any atom is -0.497 e. The Morgan fingerprint density at radius 1 is 0.461 bits per heavy atom. The number of H-pyrrole nitrogens is 1. The van der Waals surface area contributed by atoms with Gasteiger partial charge < -0.3 is 86.3 Å². The van der Waals surface area contributed by atoms with Crippen molar-refractivity contribution in [2.75, 3.05) is 93.7 Å². The summed E-state index contributed by atoms with van der Waals surface area (Å²) in [4.78, 5) is 67.1. The van der Waals surface area contributed by atoms with Gasteiger partial charge in [-0.25, -0.2) is 24.9 Å². The first-order valence-corrected chi connectivity index (χ1v) is 44.3. The molecule has 7 aromatic heterocycles. The number of rotatable bonds is 17. The molecule has 0 atom stereocenters. The summed E-state index contributed by atoms with van der Waals surface area (Å²) in [5.41, 5.74) is 17.3. The number of nitriles is 1. The van der Waals surface area contributed by atoms with E-state index in [4.69, 9.17) is 87.8 Å². The molecule has 2 aliphatic heterocycles. The molecule has 0 aliphatic carbocycles. The number of hydrogen-bond donors (Lipinski definition) is 4. The van der Waals surface area contributed by atoms with Crippen LogP contribution >= 0.6 is 50.5 Å². The van der Waals surface area contributed by atoms with Crippen molar-refractivity contribution in [1.82, 2.24) is 35.2 Å². The first-order valence-electron chi connectivity index (χ1n) is 39.5. The Hall–Kier alpha value is -13.9. The third kappa shape index (κ3) is 25.7. The van der Waals surface area contributed by atoms with E-state index >= 15 is 0 Å². The largest absolute Gasteiger partial charge is 0.497 e. The molecule has 0 unspecified atom stereocenters. The van der Waals surface area contributed by atoms with Crippen LogP contribution in [0.25, 0.3) is 123 Å². The van der Waals surface area contributed by atoms with E-state index in [2.05, 4.69) is 91.8 Å². The van der Waals surface area contributed by atoms with Crippen molar-refractivity contribution >= 4 is 114 Å². The highest BCUT2D eigenvalue weighted by molar-refractivity contribution is 8.24. The number of piperidine rings is 2. The standard InChI is InChI=1S/C25H25N3O3.C20H15ClN2O3.C20H16N2O4.C19H16N2O3.C5H11N.C4H6O3.CH2O2.Cl3OP/c1-29-19-13-18(14-20(15-19)30-2)23-21(17-9-5-3-6-10-17)22-24(26-16-27-25(22)31-23)28-11-7-4-8-12-28;1-24-14-8-13(9-15(10-14)25-2)18-16(12-6-4-3-5-7-12)17-19(21)22-11-23-20(17)26-18;1-24-14-8-13(9-15(10-14)25-2)18-16(12-6-4-3-5-7-12)17-19(23)21-11-22-20(17)26-18;1-22-14-8-13(9-15(10-14)23-2)18-17(12-6-4-3-5-7-12)16(11-20)19(21)24-18;1-2-4-6-5-3-1;1-3(5)7-4(2)6;2-1-3;1-5(2,3)4/h3,5-6,9-10,13-16H,4,7-8,11-12H2,1-2H3;3-11H,1-2H3;3-11H,1-2H3,(H,21,22,23);3-10H,21H2,1-2H3;6H,1-5H2;1-2H3;1H,(H,2,3);. The normalized spacial score (nSPS) is 11.8. The number of methoxy groups -OCH3 is 8. The van der Waals surface area contributed by atoms with Gasteiger partial charge in [0.15, 0.2) is 0 Å². The molecular formula is C94H91Cl4N10O19P. The van der Waals surface area contributed by atoms with Gasteiger partial charge in [-0.05, 0) is 150 Å². The fourth-order valence-corrected chi connectivity index (χ4v) is 14.0. The maximum absolute atomic E-state index is 12.5. The van der Waals surface area contributed by atoms with Gasteiger partial charge in [0.25, 0.3) is 12.0 Å². The molecule has 664 valence electrons. The SMILES string of the molecule is C1CCNCC1.CC(=O)OC(C)=O.COc1cc(OC)cc(-c2oc(N)c(C#N)c2-c2ccccc2)c1.COc1cc(OC)cc(-c2oc3nc[nH]c(=O)c3c2-c2ccccc2)c1.COc1cc(OC)cc(-c2oc3ncnc(Cl)c3c2-c2ccccc2)c1.COc1cc(OC)cc(-c2oc3ncnc(N4CCCCC4)c3c2-c2ccccc2)c1.O=CO.O=P(Cl)(Cl)Cl. The van der Waals surface area contributed by atoms with E-state index in [-0.39, 0.29) is 23.6 Å². The number of hydrogen-bond acceptors (Lipinski definition) is 27. The number of aromatic amines is 1. The highest BCUT2D eigenvalue weighted by Crippen LogP contribution is 2.61. The second kappa shape index (κ2) is 47.5. The van der Waals surface area contributed by atoms with Crippen molar-refractivity contribution in [1.29, 1.82) is 5.26 Å². The molecule has 9 heterocycles. The molecule has 0 radical (unpaired) electrons. The summed E-state index contributed by atoms with van der Waals surface area (Å²) in [6, 6.07) is 63.6. The highest BCUT2D eigenvalue weighted by atomic mass is 36.0. The van der Waals surface area contributed by atoms with Crippen LogP contribution in [-0.4, -0.2) is 136 Å². The first kappa shape index (κ1) is 96.4. The molecule has 0 amide bonds. The average molecular weight is 1840 g/mol. The van der Waals surface area contributed by atoms with E-state index in [1.54, 1.807) is 81.4 Å². The number of nitrogens with two attached hydrogens (primary N) is 1. The fourth-order valence-electron chi connectivity index (χ4n) is 13.8. The number of nitrogens with one attached hydrogen (secondary N) is 2. The molecule has 0 spiro atoms. The van der Waals surface area contributed by atoms with Gasteiger partial charge in [-0.3, -0.25) is 23.7 Å². The van der Waals surface area contributed by atoms with Crippen LogP contribution in [0.4, 0.5) is 11.7 Å². The summed E-state index contributed by atoms with van der Waals surface area (Å²) in [6.07, 6.45) is 12.1. The van der Waals surface area contributed by atoms with Crippen molar-refractivity contribution in [2.45, 2.75) is 52.4 Å². The predicted octanol–water partition coefficient (Wildman–Crippen LogP) is 22.1. The Labute approximate surface area is 756 Å². The minimum atomic E-state index is -3.22. The number of carbonyl (C=O) groups excluding carboxylic acids is 2. The van der Waals surface area contributed by atoms with Crippen LogP contribution in [0, 0.1) is 11.3 Å². The molecule has 128 heavy (non-hydrogen) atoms. The molecule has 17 rings (SSSR count). The van der Waals surface area contributed by atoms with Crippen molar-refractivity contribution in [3.8, 4) is 142 Å². The Balaban J connectivity index is 0.000000165. The average Bonchev–Trinajstić information content (AvgIpc) is 1.61. The Morgan fingerprint density at radius 3 is 1.09 bits per heavy atom. The molecule has 15 aromatic rings. The van der Waals surface area contributed by atoms with Crippen LogP contribution in [0.2, 0.25) is 5.15 Å². The number of anilines is 2. The minimum absolute atomic E-state index is 0.0909. The molecule has 2 saturated heterocycles. The zero-order valence-corrected chi connectivity index (χ0v) is 75.2. The van der Waals surface area contributed by atoms with Gasteiger partial charge in [0.2, 0.25) is 23.0 Å². The lowest BCUT2D eigenvalue weighted by Gasteiger charge is -2.28. The van der Waals surface area contributed by atoms with Crippen LogP contribution in [0.15, 0.2) is 236 Å². The number of fused-ring (bicyclic) bond motifs is 3. The number of carboxylic acid groups (broad SMARTS) is 1. The molecule has 2 aliphatic rings. The molecule has 2 fully saturated rings. The molecular weight excluding hydrogens is 1750 g/mol. The molecule has 34 heteroatoms. The highest BCUT2D eigenvalue weighted by Gasteiger charge is 2.29. The zero-order chi connectivity index (χ0) is 91.8. The number of nitrogens with zero attached hydrogens (tertiary/aromatic N) is 7. The van der Waals surface area contributed by atoms with Crippen LogP contribution in [-0.2, 0) is 23.7 Å². The second-order valence-corrected chi connectivity index (χ2v) is 34.5. The summed E-state index contributed by atoms with van der Waals surface area (Å²) in [7, 11) is 12.8. The quantitative estimate of drug-likeness (QED) is 0.0216. The third-order valence-electron chi connectivity index (χ3n) is 19.3. The second-order valence-electron chi connectivity index (χ2n) is 27.5. The summed E-state index contributed by atoms with van der Waals surface area (Å²) in [6.45, 7) is 6.60. The topological polar surface area (TPSA) is 387 Å². The number of benzene rings is 8. The maximum atomic E-state index is 12.5. The molecule has 0 saturated carbocycles. The van der Waals surface area contributed by atoms with E-state index < -0.39 is 17.1 Å². The number of halogens is 4. The molecule has 29 nitrogen and oxygen atoms in total. The fraction of sp³-hybridized carbons (Fsp3) is 0.213. The van der Waals surface area contributed by atoms with Gasteiger partial charge in [0, 0.05) is 95.7 Å². The lowest BCUT2D eigenvalue weighted by molar-refractivity contribution is -0.156. The summed E-state index contributed by atoms with van der Waals surface area (Å²) in [5.74, 6) is 7.54. The van der Waals surface area contributed by atoms with Gasteiger partial charge in [-0.2, -0.15) is 5.26 Å². The maximum Gasteiger partial charge on any atom is 0.339 e. The number of ether oxygens (including phenoxy) is 9. The number of aromatic nitrogens is 6. The van der Waals surface area contributed by atoms with Gasteiger partial charge in [0.05, 0.1) is 74.0 Å². The van der Waals surface area contributed by atoms with Gasteiger partial charge in [-0.1, -0.05) is 139 Å². The number of esters is 2. The van der Waals surface area contributed by atoms with E-state index in [9.17, 15) is 24.2 Å². The van der Waals surface area contributed by atoms with Gasteiger partial charge >= 0.3 is 17.1 Å². The van der Waals surface area contributed by atoms with Gasteiger partial charge in [-0.15, -0.1) is 0 Å². The van der Waals surface area contributed by atoms with E-state index in [1.807, 2.05) is 164 Å². The van der Waals surface area contributed by atoms with Crippen LogP contribution in [0.3, 0.4) is 0 Å². The van der Waals surface area contributed by atoms with E-state index in [1.165, 1.54) is 78.1 Å². The van der Waals surface area contributed by atoms with Crippen LogP contribution in [0.5, 0.6) is 46.0 Å². The first-order chi connectivity index (χ1) is 61.9. The molecule has 8 aromatic carbocycles. The van der Waals surface area contributed by atoms with Crippen molar-refractivity contribution in [3.05, 3.63) is 234 Å². The Morgan fingerprint density at radius 2 is 0.773 bits per heavy atom. The number of nitrogen functional groups attached to an aromatic ring is 1. The van der Waals surface area contributed by atoms with Crippen molar-refractivity contribution in [2.24, 2.45) is 0 Å². The van der Waals surface area contributed by atoms with Crippen LogP contribution in [0.1, 0.15) is 57.9 Å². The lowest BCUT2D eigenvalue weighted by atomic mass is 9.98. The molecule has 0 bridgehead atoms. The zero-order valence-electron chi connectivity index (χ0n) is 71.3. The Bertz CT molecular complexity index is 6260. The van der Waals surface area contributed by atoms with Crippen molar-refractivity contribution in [3.63, 3.8) is 0 Å².